The van der Waals surface area contributed by atoms with Gasteiger partial charge in [-0.2, -0.15) is 0 Å². The summed E-state index contributed by atoms with van der Waals surface area (Å²) in [5, 5.41) is 0. The largest absolute Gasteiger partial charge is 0.494 e. The summed E-state index contributed by atoms with van der Waals surface area (Å²) < 4.78 is 6.70. The van der Waals surface area contributed by atoms with Crippen LogP contribution in [0.15, 0.2) is 4.47 Å². The number of anilines is 1. The predicted octanol–water partition coefficient (Wildman–Crippen LogP) is 2.78. The van der Waals surface area contributed by atoms with Crippen LogP contribution in [0.5, 0.6) is 5.75 Å². The Balaban J connectivity index is 3.46. The number of ether oxygens (including phenoxy) is 1. The van der Waals surface area contributed by atoms with Gasteiger partial charge in [-0.25, -0.2) is 0 Å². The third kappa shape index (κ3) is 2.58. The van der Waals surface area contributed by atoms with Crippen molar-refractivity contribution in [1.82, 2.24) is 0 Å². The van der Waals surface area contributed by atoms with Crippen LogP contribution >= 0.6 is 15.9 Å². The van der Waals surface area contributed by atoms with Crippen molar-refractivity contribution in [1.29, 1.82) is 0 Å². The molecule has 1 rings (SSSR count). The first-order valence-corrected chi connectivity index (χ1v) is 6.49. The topological polar surface area (TPSA) is 38.5 Å². The van der Waals surface area contributed by atoms with Gasteiger partial charge in [-0.15, -0.1) is 0 Å². The Bertz CT molecular complexity index is 419. The molecule has 0 unspecified atom stereocenters. The highest BCUT2D eigenvalue weighted by Gasteiger charge is 2.19. The lowest BCUT2D eigenvalue weighted by Gasteiger charge is -2.26. The zero-order valence-corrected chi connectivity index (χ0v) is 12.8. The average Bonchev–Trinajstić information content (AvgIpc) is 2.31. The number of rotatable bonds is 4. The van der Waals surface area contributed by atoms with E-state index in [2.05, 4.69) is 41.6 Å². The summed E-state index contributed by atoms with van der Waals surface area (Å²) in [6.07, 6.45) is 0. The highest BCUT2D eigenvalue weighted by Crippen LogP contribution is 2.41. The highest BCUT2D eigenvalue weighted by atomic mass is 79.9. The van der Waals surface area contributed by atoms with Gasteiger partial charge in [0.1, 0.15) is 5.75 Å². The summed E-state index contributed by atoms with van der Waals surface area (Å²) in [6, 6.07) is 0. The van der Waals surface area contributed by atoms with E-state index in [1.165, 1.54) is 16.7 Å². The van der Waals surface area contributed by atoms with E-state index in [1.54, 1.807) is 7.11 Å². The molecule has 1 aromatic carbocycles. The number of hydrogen-bond acceptors (Lipinski definition) is 3. The van der Waals surface area contributed by atoms with Crippen molar-refractivity contribution in [3.05, 3.63) is 21.2 Å². The van der Waals surface area contributed by atoms with Crippen LogP contribution in [0.25, 0.3) is 0 Å². The molecule has 0 saturated heterocycles. The Labute approximate surface area is 112 Å². The lowest BCUT2D eigenvalue weighted by Crippen LogP contribution is -2.26. The van der Waals surface area contributed by atoms with Crippen LogP contribution in [0.3, 0.4) is 0 Å². The van der Waals surface area contributed by atoms with Gasteiger partial charge in [-0.05, 0) is 37.5 Å². The quantitative estimate of drug-likeness (QED) is 0.929. The first kappa shape index (κ1) is 14.3. The van der Waals surface area contributed by atoms with Gasteiger partial charge in [0.05, 0.1) is 12.8 Å². The van der Waals surface area contributed by atoms with Crippen LogP contribution in [0.2, 0.25) is 0 Å². The van der Waals surface area contributed by atoms with E-state index in [9.17, 15) is 0 Å². The summed E-state index contributed by atoms with van der Waals surface area (Å²) in [5.74, 6) is 0.944. The molecule has 0 aliphatic rings. The minimum Gasteiger partial charge on any atom is -0.494 e. The molecule has 1 aromatic rings. The molecule has 0 aliphatic heterocycles. The second kappa shape index (κ2) is 5.74. The lowest BCUT2D eigenvalue weighted by molar-refractivity contribution is 0.411. The highest BCUT2D eigenvalue weighted by molar-refractivity contribution is 9.10. The molecule has 3 nitrogen and oxygen atoms in total. The zero-order valence-electron chi connectivity index (χ0n) is 11.2. The maximum absolute atomic E-state index is 5.62. The maximum Gasteiger partial charge on any atom is 0.145 e. The van der Waals surface area contributed by atoms with Crippen molar-refractivity contribution in [2.75, 3.05) is 32.1 Å². The summed E-state index contributed by atoms with van der Waals surface area (Å²) in [5.41, 5.74) is 10.3. The average molecular weight is 301 g/mol. The van der Waals surface area contributed by atoms with Crippen LogP contribution in [-0.4, -0.2) is 27.2 Å². The van der Waals surface area contributed by atoms with Gasteiger partial charge in [0.15, 0.2) is 0 Å². The summed E-state index contributed by atoms with van der Waals surface area (Å²) >= 11 is 3.65. The van der Waals surface area contributed by atoms with Crippen LogP contribution in [-0.2, 0) is 0 Å². The Morgan fingerprint density at radius 3 is 2.24 bits per heavy atom. The van der Waals surface area contributed by atoms with Crippen molar-refractivity contribution >= 4 is 21.6 Å². The van der Waals surface area contributed by atoms with Crippen molar-refractivity contribution in [3.8, 4) is 5.75 Å². The van der Waals surface area contributed by atoms with Crippen LogP contribution in [0.4, 0.5) is 5.69 Å². The van der Waals surface area contributed by atoms with Gasteiger partial charge in [-0.3, -0.25) is 0 Å². The number of halogens is 1. The molecule has 17 heavy (non-hydrogen) atoms. The van der Waals surface area contributed by atoms with Gasteiger partial charge in [0.25, 0.3) is 0 Å². The van der Waals surface area contributed by atoms with E-state index in [-0.39, 0.29) is 0 Å². The van der Waals surface area contributed by atoms with E-state index in [0.29, 0.717) is 6.54 Å². The molecule has 4 heteroatoms. The molecule has 0 amide bonds. The fourth-order valence-electron chi connectivity index (χ4n) is 2.08. The maximum atomic E-state index is 5.62. The molecular formula is C13H21BrN2O. The van der Waals surface area contributed by atoms with E-state index in [1.807, 2.05) is 7.05 Å². The second-order valence-electron chi connectivity index (χ2n) is 4.28. The molecule has 0 atom stereocenters. The van der Waals surface area contributed by atoms with Crippen molar-refractivity contribution in [3.63, 3.8) is 0 Å². The molecule has 0 saturated carbocycles. The van der Waals surface area contributed by atoms with Gasteiger partial charge in [0, 0.05) is 24.6 Å². The Morgan fingerprint density at radius 1 is 1.18 bits per heavy atom. The smallest absolute Gasteiger partial charge is 0.145 e. The third-order valence-corrected chi connectivity index (χ3v) is 4.37. The van der Waals surface area contributed by atoms with E-state index in [0.717, 1.165) is 22.5 Å². The molecule has 0 aliphatic carbocycles. The van der Waals surface area contributed by atoms with Crippen molar-refractivity contribution in [2.45, 2.75) is 20.8 Å². The summed E-state index contributed by atoms with van der Waals surface area (Å²) in [4.78, 5) is 2.14. The molecule has 0 fully saturated rings. The fourth-order valence-corrected chi connectivity index (χ4v) is 2.57. The Kier molecular flexibility index (Phi) is 4.83. The number of nitrogens with zero attached hydrogens (tertiary/aromatic N) is 1. The van der Waals surface area contributed by atoms with E-state index < -0.39 is 0 Å². The van der Waals surface area contributed by atoms with Gasteiger partial charge >= 0.3 is 0 Å². The Morgan fingerprint density at radius 2 is 1.76 bits per heavy atom. The van der Waals surface area contributed by atoms with Gasteiger partial charge in [-0.1, -0.05) is 15.9 Å². The molecule has 96 valence electrons. The normalized spacial score (nSPS) is 10.5. The van der Waals surface area contributed by atoms with Crippen LogP contribution in [0.1, 0.15) is 16.7 Å². The van der Waals surface area contributed by atoms with Crippen molar-refractivity contribution < 1.29 is 4.74 Å². The number of methoxy groups -OCH3 is 1. The SMILES string of the molecule is COc1c(C)c(C)c(Br)c(C)c1N(C)CCN. The zero-order chi connectivity index (χ0) is 13.2. The lowest BCUT2D eigenvalue weighted by atomic mass is 10.0. The van der Waals surface area contributed by atoms with Crippen LogP contribution in [0, 0.1) is 20.8 Å². The first-order chi connectivity index (χ1) is 7.95. The van der Waals surface area contributed by atoms with E-state index in [4.69, 9.17) is 10.5 Å². The molecule has 0 aromatic heterocycles. The number of likely N-dealkylation sites (N-methyl/N-ethyl adjacent to an activating group) is 1. The number of hydrogen-bond donors (Lipinski definition) is 1. The monoisotopic (exact) mass is 300 g/mol. The fraction of sp³-hybridized carbons (Fsp3) is 0.538. The second-order valence-corrected chi connectivity index (χ2v) is 5.07. The minimum absolute atomic E-state index is 0.629. The standard InChI is InChI=1S/C13H21BrN2O/c1-8-9(2)13(17-5)12(10(3)11(8)14)16(4)7-6-15/h6-7,15H2,1-5H3. The molecular weight excluding hydrogens is 280 g/mol. The minimum atomic E-state index is 0.629. The van der Waals surface area contributed by atoms with Gasteiger partial charge in [0.2, 0.25) is 0 Å². The summed E-state index contributed by atoms with van der Waals surface area (Å²) in [6.45, 7) is 7.72. The third-order valence-electron chi connectivity index (χ3n) is 3.18. The number of benzene rings is 1. The Hall–Kier alpha value is -0.740. The van der Waals surface area contributed by atoms with Crippen LogP contribution < -0.4 is 15.4 Å². The molecule has 0 spiro atoms. The first-order valence-electron chi connectivity index (χ1n) is 5.70. The van der Waals surface area contributed by atoms with E-state index >= 15 is 0 Å². The summed E-state index contributed by atoms with van der Waals surface area (Å²) in [7, 11) is 3.76. The van der Waals surface area contributed by atoms with Crippen molar-refractivity contribution in [2.24, 2.45) is 5.73 Å². The number of nitrogens with two attached hydrogens (primary N) is 1. The molecule has 0 radical (unpaired) electrons. The molecule has 2 N–H and O–H groups in total. The molecule has 0 heterocycles. The molecule has 0 bridgehead atoms. The van der Waals surface area contributed by atoms with Gasteiger partial charge < -0.3 is 15.4 Å². The predicted molar refractivity (Wildman–Crippen MR) is 77.2 cm³/mol.